The van der Waals surface area contributed by atoms with Crippen LogP contribution in [0, 0.1) is 26.0 Å². The normalized spacial score (nSPS) is 18.2. The molecule has 188 valence electrons. The molecule has 1 saturated heterocycles. The van der Waals surface area contributed by atoms with Crippen molar-refractivity contribution >= 4 is 28.1 Å². The first-order valence-electron chi connectivity index (χ1n) is 11.4. The molecule has 3 aromatic rings. The number of piperazine rings is 1. The summed E-state index contributed by atoms with van der Waals surface area (Å²) in [5.74, 6) is -0.811. The van der Waals surface area contributed by atoms with Crippen molar-refractivity contribution < 1.29 is 23.8 Å². The summed E-state index contributed by atoms with van der Waals surface area (Å²) in [6.07, 6.45) is 0. The number of ether oxygens (including phenoxy) is 1. The van der Waals surface area contributed by atoms with Crippen molar-refractivity contribution in [2.45, 2.75) is 32.5 Å². The number of amides is 1. The summed E-state index contributed by atoms with van der Waals surface area (Å²) in [7, 11) is 0. The first-order chi connectivity index (χ1) is 17.2. The van der Waals surface area contributed by atoms with Gasteiger partial charge in [0.2, 0.25) is 5.75 Å². The van der Waals surface area contributed by atoms with Crippen LogP contribution in [0.25, 0.3) is 10.8 Å². The van der Waals surface area contributed by atoms with Crippen LogP contribution in [0.1, 0.15) is 19.4 Å². The summed E-state index contributed by atoms with van der Waals surface area (Å²) < 4.78 is 18.9. The third kappa shape index (κ3) is 5.10. The molecule has 3 aromatic carbocycles. The number of carbonyl (C=O) groups excluding carboxylic acids is 1. The van der Waals surface area contributed by atoms with Gasteiger partial charge < -0.3 is 9.64 Å². The second kappa shape index (κ2) is 10.2. The van der Waals surface area contributed by atoms with Gasteiger partial charge in [0.25, 0.3) is 11.6 Å². The Morgan fingerprint density at radius 1 is 0.972 bits per heavy atom. The van der Waals surface area contributed by atoms with Gasteiger partial charge in [0.05, 0.1) is 21.3 Å². The lowest BCUT2D eigenvalue weighted by molar-refractivity contribution is -0.393. The molecular formula is C25H25FN4O6. The van der Waals surface area contributed by atoms with Crippen LogP contribution in [0.5, 0.6) is 5.75 Å². The van der Waals surface area contributed by atoms with E-state index in [4.69, 9.17) is 4.74 Å². The number of non-ortho nitro benzene ring substituents is 1. The highest BCUT2D eigenvalue weighted by Crippen LogP contribution is 2.41. The molecule has 4 rings (SSSR count). The van der Waals surface area contributed by atoms with Gasteiger partial charge in [-0.2, -0.15) is 0 Å². The lowest BCUT2D eigenvalue weighted by Crippen LogP contribution is -2.58. The molecule has 1 heterocycles. The zero-order valence-corrected chi connectivity index (χ0v) is 19.8. The summed E-state index contributed by atoms with van der Waals surface area (Å²) in [6.45, 7) is 5.08. The molecule has 1 fully saturated rings. The third-order valence-corrected chi connectivity index (χ3v) is 6.42. The van der Waals surface area contributed by atoms with E-state index in [0.717, 1.165) is 11.6 Å². The molecule has 0 saturated carbocycles. The molecule has 0 radical (unpaired) electrons. The Hall–Kier alpha value is -4.12. The van der Waals surface area contributed by atoms with Crippen LogP contribution in [-0.2, 0) is 11.3 Å². The number of carbonyl (C=O) groups is 1. The van der Waals surface area contributed by atoms with Crippen molar-refractivity contribution in [2.75, 3.05) is 19.7 Å². The maximum Gasteiger partial charge on any atom is 0.318 e. The van der Waals surface area contributed by atoms with E-state index in [9.17, 15) is 29.4 Å². The number of nitrogens with zero attached hydrogens (tertiary/aromatic N) is 4. The van der Waals surface area contributed by atoms with Crippen molar-refractivity contribution in [3.05, 3.63) is 86.2 Å². The second-order valence-electron chi connectivity index (χ2n) is 8.89. The number of hydrogen-bond donors (Lipinski definition) is 0. The Morgan fingerprint density at radius 2 is 1.61 bits per heavy atom. The maximum atomic E-state index is 13.2. The minimum Gasteiger partial charge on any atom is -0.476 e. The SMILES string of the molecule is C[C@@H]1CN(Cc2ccc(F)cc2)[C@@H](C)CN1C(=O)COc1c([N+](=O)[O-])cc([N+](=O)[O-])c2ccccc12. The predicted molar refractivity (Wildman–Crippen MR) is 130 cm³/mol. The van der Waals surface area contributed by atoms with Gasteiger partial charge >= 0.3 is 5.69 Å². The number of nitro benzene ring substituents is 2. The Morgan fingerprint density at radius 3 is 2.25 bits per heavy atom. The van der Waals surface area contributed by atoms with E-state index in [2.05, 4.69) is 4.90 Å². The van der Waals surface area contributed by atoms with Crippen LogP contribution in [0.4, 0.5) is 15.8 Å². The lowest BCUT2D eigenvalue weighted by Gasteiger charge is -2.44. The molecule has 36 heavy (non-hydrogen) atoms. The third-order valence-electron chi connectivity index (χ3n) is 6.42. The number of halogens is 1. The maximum absolute atomic E-state index is 13.2. The zero-order valence-electron chi connectivity index (χ0n) is 19.8. The fourth-order valence-corrected chi connectivity index (χ4v) is 4.56. The van der Waals surface area contributed by atoms with Gasteiger partial charge in [0.1, 0.15) is 5.82 Å². The van der Waals surface area contributed by atoms with E-state index in [1.807, 2.05) is 13.8 Å². The van der Waals surface area contributed by atoms with Crippen LogP contribution < -0.4 is 4.74 Å². The molecule has 0 aromatic heterocycles. The number of hydrogen-bond acceptors (Lipinski definition) is 7. The van der Waals surface area contributed by atoms with Crippen molar-refractivity contribution in [2.24, 2.45) is 0 Å². The molecule has 0 unspecified atom stereocenters. The highest BCUT2D eigenvalue weighted by atomic mass is 19.1. The van der Waals surface area contributed by atoms with E-state index in [1.54, 1.807) is 29.2 Å². The minimum atomic E-state index is -0.752. The van der Waals surface area contributed by atoms with Crippen LogP contribution in [0.2, 0.25) is 0 Å². The Kier molecular flexibility index (Phi) is 7.11. The quantitative estimate of drug-likeness (QED) is 0.353. The van der Waals surface area contributed by atoms with Crippen molar-refractivity contribution in [1.29, 1.82) is 0 Å². The molecule has 2 atom stereocenters. The van der Waals surface area contributed by atoms with Gasteiger partial charge in [-0.3, -0.25) is 29.9 Å². The number of nitro groups is 2. The number of benzene rings is 3. The smallest absolute Gasteiger partial charge is 0.318 e. The van der Waals surface area contributed by atoms with Gasteiger partial charge in [-0.15, -0.1) is 0 Å². The van der Waals surface area contributed by atoms with Crippen LogP contribution >= 0.6 is 0 Å². The average Bonchev–Trinajstić information content (AvgIpc) is 2.85. The van der Waals surface area contributed by atoms with Crippen LogP contribution in [-0.4, -0.2) is 57.3 Å². The van der Waals surface area contributed by atoms with E-state index >= 15 is 0 Å². The highest BCUT2D eigenvalue weighted by molar-refractivity contribution is 5.99. The van der Waals surface area contributed by atoms with Gasteiger partial charge in [0.15, 0.2) is 6.61 Å². The average molecular weight is 496 g/mol. The number of fused-ring (bicyclic) bond motifs is 1. The first-order valence-corrected chi connectivity index (χ1v) is 11.4. The highest BCUT2D eigenvalue weighted by Gasteiger charge is 2.33. The standard InChI is InChI=1S/C25H25FN4O6/c1-16-13-28(17(2)12-27(16)14-18-7-9-19(26)10-8-18)24(31)15-36-25-21-6-4-3-5-20(21)22(29(32)33)11-23(25)30(34)35/h3-11,16-17H,12-15H2,1-2H3/t16-,17+/m0/s1. The Balaban J connectivity index is 1.50. The van der Waals surface area contributed by atoms with E-state index in [1.165, 1.54) is 24.3 Å². The molecule has 0 N–H and O–H groups in total. The lowest BCUT2D eigenvalue weighted by atomic mass is 10.1. The molecule has 11 heteroatoms. The van der Waals surface area contributed by atoms with Crippen LogP contribution in [0.3, 0.4) is 0 Å². The second-order valence-corrected chi connectivity index (χ2v) is 8.89. The summed E-state index contributed by atoms with van der Waals surface area (Å²) >= 11 is 0. The van der Waals surface area contributed by atoms with Crippen molar-refractivity contribution in [3.8, 4) is 5.75 Å². The molecule has 1 amide bonds. The summed E-state index contributed by atoms with van der Waals surface area (Å²) in [6, 6.07) is 13.2. The van der Waals surface area contributed by atoms with E-state index in [-0.39, 0.29) is 40.3 Å². The molecule has 1 aliphatic heterocycles. The van der Waals surface area contributed by atoms with Crippen molar-refractivity contribution in [3.63, 3.8) is 0 Å². The summed E-state index contributed by atoms with van der Waals surface area (Å²) in [5.41, 5.74) is -0.00893. The molecule has 10 nitrogen and oxygen atoms in total. The topological polar surface area (TPSA) is 119 Å². The Labute approximate surface area is 206 Å². The monoisotopic (exact) mass is 496 g/mol. The van der Waals surface area contributed by atoms with E-state index < -0.39 is 27.8 Å². The molecule has 1 aliphatic rings. The van der Waals surface area contributed by atoms with Gasteiger partial charge in [-0.25, -0.2) is 4.39 Å². The summed E-state index contributed by atoms with van der Waals surface area (Å²) in [4.78, 5) is 38.7. The van der Waals surface area contributed by atoms with Crippen molar-refractivity contribution in [1.82, 2.24) is 9.80 Å². The Bertz CT molecular complexity index is 1320. The molecule has 0 spiro atoms. The number of rotatable bonds is 7. The van der Waals surface area contributed by atoms with Crippen LogP contribution in [0.15, 0.2) is 54.6 Å². The van der Waals surface area contributed by atoms with Gasteiger partial charge in [0, 0.05) is 37.1 Å². The molecule has 0 aliphatic carbocycles. The molecule has 0 bridgehead atoms. The minimum absolute atomic E-state index is 0.0183. The first kappa shape index (κ1) is 25.0. The molecular weight excluding hydrogens is 471 g/mol. The fraction of sp³-hybridized carbons (Fsp3) is 0.320. The zero-order chi connectivity index (χ0) is 26.0. The fourth-order valence-electron chi connectivity index (χ4n) is 4.56. The predicted octanol–water partition coefficient (Wildman–Crippen LogP) is 4.30. The van der Waals surface area contributed by atoms with Gasteiger partial charge in [-0.1, -0.05) is 30.3 Å². The summed E-state index contributed by atoms with van der Waals surface area (Å²) in [5, 5.41) is 23.5. The van der Waals surface area contributed by atoms with Gasteiger partial charge in [-0.05, 0) is 37.6 Å². The largest absolute Gasteiger partial charge is 0.476 e. The van der Waals surface area contributed by atoms with E-state index in [0.29, 0.717) is 19.6 Å².